The van der Waals surface area contributed by atoms with E-state index in [0.29, 0.717) is 0 Å². The van der Waals surface area contributed by atoms with E-state index in [0.717, 1.165) is 6.92 Å². The zero-order chi connectivity index (χ0) is 8.99. The van der Waals surface area contributed by atoms with Gasteiger partial charge in [-0.3, -0.25) is 9.18 Å². The number of halogens is 4. The molecule has 0 amide bonds. The molecule has 0 aromatic carbocycles. The Morgan fingerprint density at radius 3 is 1.30 bits per heavy atom. The summed E-state index contributed by atoms with van der Waals surface area (Å²) in [5.41, 5.74) is 0. The van der Waals surface area contributed by atoms with Crippen molar-refractivity contribution in [2.45, 2.75) is 13.8 Å². The summed E-state index contributed by atoms with van der Waals surface area (Å²) in [6.07, 6.45) is 0. The molecule has 0 unspecified atom stereocenters. The number of hydrogen-bond acceptors (Lipinski definition) is 1. The Labute approximate surface area is 57.0 Å². The summed E-state index contributed by atoms with van der Waals surface area (Å²) in [4.78, 5) is 8.78. The van der Waals surface area contributed by atoms with Gasteiger partial charge in [0, 0.05) is 6.92 Å². The number of carbonyl (C=O) groups is 1. The van der Waals surface area contributed by atoms with Crippen LogP contribution in [0.2, 0.25) is 0 Å². The van der Waals surface area contributed by atoms with Crippen LogP contribution in [0.25, 0.3) is 0 Å². The fourth-order valence-corrected chi connectivity index (χ4v) is 0. The molecule has 0 fully saturated rings. The predicted molar refractivity (Wildman–Crippen MR) is 30.5 cm³/mol. The molecule has 0 radical (unpaired) electrons. The fourth-order valence-electron chi connectivity index (χ4n) is 0. The highest BCUT2D eigenvalue weighted by Crippen LogP contribution is 1.58. The second kappa shape index (κ2) is 23.8. The standard InChI is InChI=1S/C2H3FO.C2H5F.CH2F2/c1-2(3)4;1-2-3;2-1-3/h1H3;2H2,1H3;1H2. The Morgan fingerprint density at radius 2 is 1.30 bits per heavy atom. The summed E-state index contributed by atoms with van der Waals surface area (Å²) < 4.78 is 39.9. The number of carbonyl (C=O) groups excluding carboxylic acids is 1. The van der Waals surface area contributed by atoms with Gasteiger partial charge in [-0.2, -0.15) is 4.39 Å². The molecule has 0 aromatic heterocycles. The van der Waals surface area contributed by atoms with Crippen molar-refractivity contribution in [3.63, 3.8) is 0 Å². The molecule has 1 nitrogen and oxygen atoms in total. The summed E-state index contributed by atoms with van der Waals surface area (Å²) in [6, 6.07) is -1.33. The highest BCUT2D eigenvalue weighted by atomic mass is 19.3. The average Bonchev–Trinajstić information content (AvgIpc) is 1.65. The molecule has 0 aromatic rings. The van der Waals surface area contributed by atoms with Gasteiger partial charge in [0.05, 0.1) is 6.67 Å². The van der Waals surface area contributed by atoms with Crippen LogP contribution in [0.3, 0.4) is 0 Å². The zero-order valence-corrected chi connectivity index (χ0v) is 5.83. The first-order chi connectivity index (χ1) is 4.56. The van der Waals surface area contributed by atoms with Crippen LogP contribution >= 0.6 is 0 Å². The third-order valence-corrected chi connectivity index (χ3v) is 0. The maximum Gasteiger partial charge on any atom is 0.298 e. The Kier molecular flexibility index (Phi) is 38.5. The van der Waals surface area contributed by atoms with Crippen molar-refractivity contribution in [2.24, 2.45) is 0 Å². The first kappa shape index (κ1) is 16.2. The summed E-state index contributed by atoms with van der Waals surface area (Å²) >= 11 is 0. The molecule has 0 bridgehead atoms. The van der Waals surface area contributed by atoms with E-state index in [1.807, 2.05) is 0 Å². The van der Waals surface area contributed by atoms with Gasteiger partial charge in [0.1, 0.15) is 0 Å². The Bertz CT molecular complexity index is 51.6. The van der Waals surface area contributed by atoms with Gasteiger partial charge in [0.2, 0.25) is 6.93 Å². The largest absolute Gasteiger partial charge is 0.298 e. The van der Waals surface area contributed by atoms with Crippen LogP contribution < -0.4 is 0 Å². The lowest BCUT2D eigenvalue weighted by Crippen LogP contribution is -1.65. The highest BCUT2D eigenvalue weighted by Gasteiger charge is 1.69. The van der Waals surface area contributed by atoms with Gasteiger partial charge in [-0.05, 0) is 6.92 Å². The maximum atomic E-state index is 10.4. The van der Waals surface area contributed by atoms with E-state index in [-0.39, 0.29) is 6.67 Å². The highest BCUT2D eigenvalue weighted by molar-refractivity contribution is 5.64. The molecule has 10 heavy (non-hydrogen) atoms. The summed E-state index contributed by atoms with van der Waals surface area (Å²) in [5.74, 6) is 0. The topological polar surface area (TPSA) is 17.1 Å². The van der Waals surface area contributed by atoms with E-state index in [1.165, 1.54) is 6.92 Å². The molecule has 0 aliphatic rings. The van der Waals surface area contributed by atoms with Crippen LogP contribution in [0.15, 0.2) is 0 Å². The van der Waals surface area contributed by atoms with E-state index >= 15 is 0 Å². The minimum atomic E-state index is -1.75. The molecule has 0 aliphatic carbocycles. The number of alkyl halides is 3. The first-order valence-corrected chi connectivity index (χ1v) is 2.40. The minimum absolute atomic E-state index is 0.250. The maximum absolute atomic E-state index is 10.4. The van der Waals surface area contributed by atoms with Crippen LogP contribution in [0.4, 0.5) is 17.6 Å². The molecule has 0 saturated heterocycles. The average molecular weight is 162 g/mol. The third-order valence-electron chi connectivity index (χ3n) is 0. The van der Waals surface area contributed by atoms with Gasteiger partial charge in [0.15, 0.2) is 0 Å². The van der Waals surface area contributed by atoms with Gasteiger partial charge in [0.25, 0.3) is 6.04 Å². The van der Waals surface area contributed by atoms with Crippen LogP contribution in [0.1, 0.15) is 13.8 Å². The van der Waals surface area contributed by atoms with E-state index < -0.39 is 13.0 Å². The number of hydrogen-bond donors (Lipinski definition) is 0. The van der Waals surface area contributed by atoms with Crippen molar-refractivity contribution in [3.8, 4) is 0 Å². The molecule has 0 atom stereocenters. The van der Waals surface area contributed by atoms with Crippen LogP contribution in [-0.2, 0) is 4.79 Å². The van der Waals surface area contributed by atoms with Crippen molar-refractivity contribution in [2.75, 3.05) is 13.6 Å². The van der Waals surface area contributed by atoms with E-state index in [4.69, 9.17) is 4.79 Å². The second-order valence-electron chi connectivity index (χ2n) is 0.839. The van der Waals surface area contributed by atoms with Crippen LogP contribution in [0.5, 0.6) is 0 Å². The lowest BCUT2D eigenvalue weighted by Gasteiger charge is -1.50. The van der Waals surface area contributed by atoms with Gasteiger partial charge >= 0.3 is 0 Å². The van der Waals surface area contributed by atoms with Gasteiger partial charge < -0.3 is 0 Å². The van der Waals surface area contributed by atoms with Crippen molar-refractivity contribution in [1.29, 1.82) is 0 Å². The molecule has 64 valence electrons. The smallest absolute Gasteiger partial charge is 0.262 e. The van der Waals surface area contributed by atoms with E-state index in [1.54, 1.807) is 0 Å². The lowest BCUT2D eigenvalue weighted by atomic mass is 10.9. The molecular formula is C5H10F4O. The quantitative estimate of drug-likeness (QED) is 0.394. The molecule has 0 saturated carbocycles. The Hall–Kier alpha value is -0.610. The number of rotatable bonds is 0. The molecule has 0 spiro atoms. The van der Waals surface area contributed by atoms with Crippen molar-refractivity contribution >= 4 is 6.04 Å². The summed E-state index contributed by atoms with van der Waals surface area (Å²) in [7, 11) is 0. The lowest BCUT2D eigenvalue weighted by molar-refractivity contribution is -0.126. The minimum Gasteiger partial charge on any atom is -0.262 e. The molecule has 0 N–H and O–H groups in total. The summed E-state index contributed by atoms with van der Waals surface area (Å²) in [5, 5.41) is 0. The Balaban J connectivity index is -0.0000000750. The van der Waals surface area contributed by atoms with Crippen molar-refractivity contribution in [3.05, 3.63) is 0 Å². The first-order valence-electron chi connectivity index (χ1n) is 2.40. The SMILES string of the molecule is CC(=O)F.CCF.FCF. The van der Waals surface area contributed by atoms with E-state index in [2.05, 4.69) is 0 Å². The van der Waals surface area contributed by atoms with Gasteiger partial charge in [-0.15, -0.1) is 0 Å². The van der Waals surface area contributed by atoms with E-state index in [9.17, 15) is 17.6 Å². The zero-order valence-electron chi connectivity index (χ0n) is 5.83. The van der Waals surface area contributed by atoms with Crippen molar-refractivity contribution < 1.29 is 22.4 Å². The fraction of sp³-hybridized carbons (Fsp3) is 0.800. The normalized spacial score (nSPS) is 6.20. The van der Waals surface area contributed by atoms with Crippen molar-refractivity contribution in [1.82, 2.24) is 0 Å². The molecule has 0 heterocycles. The van der Waals surface area contributed by atoms with Crippen LogP contribution in [-0.4, -0.2) is 19.6 Å². The van der Waals surface area contributed by atoms with Crippen LogP contribution in [0, 0.1) is 0 Å². The predicted octanol–water partition coefficient (Wildman–Crippen LogP) is 2.36. The second-order valence-corrected chi connectivity index (χ2v) is 0.839. The van der Waals surface area contributed by atoms with Gasteiger partial charge in [-0.1, -0.05) is 0 Å². The summed E-state index contributed by atoms with van der Waals surface area (Å²) in [6.45, 7) is 0.319. The molecule has 0 rings (SSSR count). The molecule has 5 heteroatoms. The third kappa shape index (κ3) is 811. The Morgan fingerprint density at radius 1 is 1.30 bits per heavy atom. The monoisotopic (exact) mass is 162 g/mol. The molecular weight excluding hydrogens is 152 g/mol. The van der Waals surface area contributed by atoms with Gasteiger partial charge in [-0.25, -0.2) is 8.78 Å². The molecule has 0 aliphatic heterocycles.